The molecule has 0 saturated heterocycles. The van der Waals surface area contributed by atoms with E-state index in [0.29, 0.717) is 0 Å². The molecule has 0 nitrogen and oxygen atoms in total. The van der Waals surface area contributed by atoms with Crippen LogP contribution < -0.4 is 0 Å². The predicted molar refractivity (Wildman–Crippen MR) is 101 cm³/mol. The second kappa shape index (κ2) is 11.4. The van der Waals surface area contributed by atoms with Gasteiger partial charge in [0.2, 0.25) is 0 Å². The molecule has 0 radical (unpaired) electrons. The van der Waals surface area contributed by atoms with Crippen molar-refractivity contribution in [3.63, 3.8) is 0 Å². The minimum absolute atomic E-state index is 1.02. The summed E-state index contributed by atoms with van der Waals surface area (Å²) in [7, 11) is 0. The molecule has 0 amide bonds. The molecule has 0 aliphatic rings. The lowest BCUT2D eigenvalue weighted by atomic mass is 10.4. The Balaban J connectivity index is 0.000000157. The first-order valence-corrected chi connectivity index (χ1v) is 7.74. The van der Waals surface area contributed by atoms with E-state index in [1.807, 2.05) is 91.0 Å². The molecule has 0 unspecified atom stereocenters. The molecule has 0 heterocycles. The van der Waals surface area contributed by atoms with E-state index in [-0.39, 0.29) is 0 Å². The monoisotopic (exact) mass is 330 g/mol. The van der Waals surface area contributed by atoms with Crippen LogP contribution in [0.3, 0.4) is 0 Å². The van der Waals surface area contributed by atoms with Crippen LogP contribution in [0.5, 0.6) is 0 Å². The summed E-state index contributed by atoms with van der Waals surface area (Å²) in [6, 6.07) is 29.4. The maximum Gasteiger partial charge on any atom is 0.00399 e. The molecule has 21 heavy (non-hydrogen) atoms. The van der Waals surface area contributed by atoms with E-state index in [4.69, 9.17) is 0 Å². The molecule has 0 N–H and O–H groups in total. The molecule has 0 aliphatic heterocycles. The van der Waals surface area contributed by atoms with E-state index in [2.05, 4.69) is 37.9 Å². The van der Waals surface area contributed by atoms with Crippen molar-refractivity contribution in [3.8, 4) is 0 Å². The highest BCUT2D eigenvalue weighted by atomic mass is 32.1. The Hall–Kier alpha value is -1.29. The fraction of sp³-hybridized carbons (Fsp3) is 0. The van der Waals surface area contributed by atoms with Crippen molar-refractivity contribution < 1.29 is 0 Å². The molecule has 3 heteroatoms. The van der Waals surface area contributed by atoms with Crippen LogP contribution in [0.25, 0.3) is 0 Å². The molecule has 0 aliphatic carbocycles. The Labute approximate surface area is 143 Å². The number of hydrogen-bond acceptors (Lipinski definition) is 3. The molecule has 108 valence electrons. The Morgan fingerprint density at radius 3 is 0.619 bits per heavy atom. The Kier molecular flexibility index (Phi) is 9.62. The minimum Gasteiger partial charge on any atom is -0.143 e. The van der Waals surface area contributed by atoms with Crippen LogP contribution in [0.15, 0.2) is 106 Å². The highest BCUT2D eigenvalue weighted by molar-refractivity contribution is 7.80. The summed E-state index contributed by atoms with van der Waals surface area (Å²) in [5, 5.41) is 0. The van der Waals surface area contributed by atoms with Crippen molar-refractivity contribution in [3.05, 3.63) is 91.0 Å². The molecule has 3 rings (SSSR count). The van der Waals surface area contributed by atoms with Gasteiger partial charge < -0.3 is 0 Å². The normalized spacial score (nSPS) is 8.71. The first kappa shape index (κ1) is 17.8. The second-order valence-corrected chi connectivity index (χ2v) is 5.56. The molecule has 0 bridgehead atoms. The van der Waals surface area contributed by atoms with Gasteiger partial charge in [0.05, 0.1) is 0 Å². The lowest BCUT2D eigenvalue weighted by Crippen LogP contribution is -1.56. The zero-order valence-electron chi connectivity index (χ0n) is 11.5. The molecule has 3 aromatic rings. The highest BCUT2D eigenvalue weighted by Gasteiger charge is 1.74. The molecule has 0 saturated carbocycles. The summed E-state index contributed by atoms with van der Waals surface area (Å²) in [5.41, 5.74) is 0. The van der Waals surface area contributed by atoms with E-state index < -0.39 is 0 Å². The molecule has 0 aromatic heterocycles. The summed E-state index contributed by atoms with van der Waals surface area (Å²) >= 11 is 12.3. The second-order valence-electron chi connectivity index (χ2n) is 4.01. The van der Waals surface area contributed by atoms with Crippen LogP contribution in [-0.4, -0.2) is 0 Å². The number of thiol groups is 3. The fourth-order valence-corrected chi connectivity index (χ4v) is 1.80. The van der Waals surface area contributed by atoms with Gasteiger partial charge in [0.15, 0.2) is 0 Å². The van der Waals surface area contributed by atoms with E-state index in [1.165, 1.54) is 0 Å². The van der Waals surface area contributed by atoms with E-state index in [0.717, 1.165) is 14.7 Å². The van der Waals surface area contributed by atoms with Crippen LogP contribution in [0, 0.1) is 0 Å². The zero-order chi connectivity index (χ0) is 15.3. The van der Waals surface area contributed by atoms with Crippen molar-refractivity contribution in [2.45, 2.75) is 14.7 Å². The largest absolute Gasteiger partial charge is 0.143 e. The predicted octanol–water partition coefficient (Wildman–Crippen LogP) is 5.93. The average molecular weight is 331 g/mol. The Morgan fingerprint density at radius 2 is 0.524 bits per heavy atom. The number of rotatable bonds is 0. The van der Waals surface area contributed by atoms with Gasteiger partial charge in [-0.3, -0.25) is 0 Å². The third-order valence-electron chi connectivity index (χ3n) is 2.27. The van der Waals surface area contributed by atoms with E-state index >= 15 is 0 Å². The topological polar surface area (TPSA) is 0 Å². The Morgan fingerprint density at radius 1 is 0.333 bits per heavy atom. The van der Waals surface area contributed by atoms with Crippen molar-refractivity contribution in [2.75, 3.05) is 0 Å². The molecule has 0 fully saturated rings. The van der Waals surface area contributed by atoms with Gasteiger partial charge in [0.1, 0.15) is 0 Å². The lowest BCUT2D eigenvalue weighted by Gasteiger charge is -1.81. The quantitative estimate of drug-likeness (QED) is 0.418. The maximum atomic E-state index is 4.08. The zero-order valence-corrected chi connectivity index (χ0v) is 14.2. The average Bonchev–Trinajstić information content (AvgIpc) is 2.51. The van der Waals surface area contributed by atoms with Crippen LogP contribution in [-0.2, 0) is 0 Å². The van der Waals surface area contributed by atoms with Gasteiger partial charge in [-0.25, -0.2) is 0 Å². The third-order valence-corrected chi connectivity index (χ3v) is 3.16. The van der Waals surface area contributed by atoms with Gasteiger partial charge in [-0.2, -0.15) is 0 Å². The number of hydrogen-bond donors (Lipinski definition) is 3. The van der Waals surface area contributed by atoms with E-state index in [1.54, 1.807) is 0 Å². The SMILES string of the molecule is Sc1ccccc1.Sc1ccccc1.Sc1ccccc1. The van der Waals surface area contributed by atoms with Crippen molar-refractivity contribution in [2.24, 2.45) is 0 Å². The number of benzene rings is 3. The minimum atomic E-state index is 1.02. The van der Waals surface area contributed by atoms with E-state index in [9.17, 15) is 0 Å². The summed E-state index contributed by atoms with van der Waals surface area (Å²) in [5.74, 6) is 0. The molecular weight excluding hydrogens is 312 g/mol. The Bertz CT molecular complexity index is 491. The van der Waals surface area contributed by atoms with Gasteiger partial charge in [0, 0.05) is 14.7 Å². The fourth-order valence-electron chi connectivity index (χ4n) is 1.28. The van der Waals surface area contributed by atoms with Gasteiger partial charge in [-0.1, -0.05) is 54.6 Å². The molecular formula is C18H18S3. The standard InChI is InChI=1S/3C6H6S/c3*7-6-4-2-1-3-5-6/h3*1-5,7H. The summed E-state index contributed by atoms with van der Waals surface area (Å²) in [6.07, 6.45) is 0. The summed E-state index contributed by atoms with van der Waals surface area (Å²) in [6.45, 7) is 0. The summed E-state index contributed by atoms with van der Waals surface area (Å²) in [4.78, 5) is 3.05. The van der Waals surface area contributed by atoms with Crippen molar-refractivity contribution in [1.82, 2.24) is 0 Å². The van der Waals surface area contributed by atoms with Gasteiger partial charge in [0.25, 0.3) is 0 Å². The van der Waals surface area contributed by atoms with Gasteiger partial charge in [-0.15, -0.1) is 37.9 Å². The van der Waals surface area contributed by atoms with Crippen LogP contribution >= 0.6 is 37.9 Å². The maximum absolute atomic E-state index is 4.08. The highest BCUT2D eigenvalue weighted by Crippen LogP contribution is 2.02. The molecule has 3 aromatic carbocycles. The molecule has 0 atom stereocenters. The van der Waals surface area contributed by atoms with Gasteiger partial charge in [-0.05, 0) is 36.4 Å². The first-order chi connectivity index (χ1) is 10.2. The van der Waals surface area contributed by atoms with Crippen molar-refractivity contribution >= 4 is 37.9 Å². The van der Waals surface area contributed by atoms with Crippen LogP contribution in [0.2, 0.25) is 0 Å². The van der Waals surface area contributed by atoms with Crippen LogP contribution in [0.4, 0.5) is 0 Å². The smallest absolute Gasteiger partial charge is 0.00399 e. The summed E-state index contributed by atoms with van der Waals surface area (Å²) < 4.78 is 0. The van der Waals surface area contributed by atoms with Crippen LogP contribution in [0.1, 0.15) is 0 Å². The van der Waals surface area contributed by atoms with Crippen molar-refractivity contribution in [1.29, 1.82) is 0 Å². The third kappa shape index (κ3) is 10.1. The lowest BCUT2D eigenvalue weighted by molar-refractivity contribution is 1.48. The van der Waals surface area contributed by atoms with Gasteiger partial charge >= 0.3 is 0 Å². The first-order valence-electron chi connectivity index (χ1n) is 6.40. The molecule has 0 spiro atoms.